The summed E-state index contributed by atoms with van der Waals surface area (Å²) in [6, 6.07) is 10.3. The van der Waals surface area contributed by atoms with Crippen LogP contribution in [0.4, 0.5) is 5.69 Å². The van der Waals surface area contributed by atoms with Gasteiger partial charge in [0.2, 0.25) is 0 Å². The Balaban J connectivity index is 1.77. The number of nitrogens with one attached hydrogen (secondary N) is 1. The second kappa shape index (κ2) is 6.97. The number of fused-ring (bicyclic) bond motifs is 2. The quantitative estimate of drug-likeness (QED) is 0.577. The standard InChI is InChI=1S/C21H20N4O4/c1-12-5-8-18-23-19-14(21(27)25(18)11-12)10-15(24(19)2)20(26)22-13-6-7-16(28-3)17(9-13)29-4/h5-11H,1-4H3,(H,22,26). The van der Waals surface area contributed by atoms with Crippen LogP contribution in [0.1, 0.15) is 16.1 Å². The van der Waals surface area contributed by atoms with Gasteiger partial charge < -0.3 is 19.4 Å². The number of carbonyl (C=O) groups excluding carboxylic acids is 1. The second-order valence-corrected chi connectivity index (χ2v) is 6.70. The van der Waals surface area contributed by atoms with Crippen molar-refractivity contribution in [3.8, 4) is 11.5 Å². The third-order valence-electron chi connectivity index (χ3n) is 4.82. The van der Waals surface area contributed by atoms with E-state index >= 15 is 0 Å². The fraction of sp³-hybridized carbons (Fsp3) is 0.190. The maximum absolute atomic E-state index is 12.9. The van der Waals surface area contributed by atoms with E-state index in [2.05, 4.69) is 10.3 Å². The van der Waals surface area contributed by atoms with Crippen molar-refractivity contribution >= 4 is 28.3 Å². The van der Waals surface area contributed by atoms with Crippen molar-refractivity contribution in [3.05, 3.63) is 64.2 Å². The fourth-order valence-electron chi connectivity index (χ4n) is 3.30. The largest absolute Gasteiger partial charge is 0.493 e. The smallest absolute Gasteiger partial charge is 0.272 e. The molecule has 0 radical (unpaired) electrons. The topological polar surface area (TPSA) is 86.9 Å². The van der Waals surface area contributed by atoms with E-state index in [9.17, 15) is 9.59 Å². The van der Waals surface area contributed by atoms with Gasteiger partial charge in [-0.1, -0.05) is 6.07 Å². The van der Waals surface area contributed by atoms with Crippen molar-refractivity contribution in [1.29, 1.82) is 0 Å². The van der Waals surface area contributed by atoms with E-state index in [0.29, 0.717) is 39.6 Å². The number of methoxy groups -OCH3 is 2. The Hall–Kier alpha value is -3.81. The molecule has 29 heavy (non-hydrogen) atoms. The van der Waals surface area contributed by atoms with Crippen molar-refractivity contribution in [1.82, 2.24) is 14.0 Å². The summed E-state index contributed by atoms with van der Waals surface area (Å²) in [7, 11) is 4.78. The lowest BCUT2D eigenvalue weighted by Crippen LogP contribution is -2.16. The van der Waals surface area contributed by atoms with E-state index in [4.69, 9.17) is 9.47 Å². The first-order valence-electron chi connectivity index (χ1n) is 8.94. The molecule has 0 unspecified atom stereocenters. The van der Waals surface area contributed by atoms with Crippen LogP contribution in [0, 0.1) is 6.92 Å². The average Bonchev–Trinajstić information content (AvgIpc) is 3.05. The third-order valence-corrected chi connectivity index (χ3v) is 4.82. The molecule has 8 heteroatoms. The zero-order valence-electron chi connectivity index (χ0n) is 16.5. The highest BCUT2D eigenvalue weighted by atomic mass is 16.5. The summed E-state index contributed by atoms with van der Waals surface area (Å²) in [4.78, 5) is 30.3. The van der Waals surface area contributed by atoms with Gasteiger partial charge in [0.1, 0.15) is 17.0 Å². The van der Waals surface area contributed by atoms with Crippen LogP contribution in [-0.2, 0) is 7.05 Å². The zero-order chi connectivity index (χ0) is 20.7. The Morgan fingerprint density at radius 1 is 1.07 bits per heavy atom. The van der Waals surface area contributed by atoms with E-state index in [1.807, 2.05) is 13.0 Å². The molecule has 148 valence electrons. The monoisotopic (exact) mass is 392 g/mol. The summed E-state index contributed by atoms with van der Waals surface area (Å²) in [5, 5.41) is 3.21. The molecule has 0 spiro atoms. The lowest BCUT2D eigenvalue weighted by molar-refractivity contribution is 0.101. The fourth-order valence-corrected chi connectivity index (χ4v) is 3.30. The molecule has 0 bridgehead atoms. The molecule has 0 aliphatic rings. The molecule has 4 rings (SSSR count). The number of benzene rings is 1. The van der Waals surface area contributed by atoms with Gasteiger partial charge in [-0.3, -0.25) is 14.0 Å². The Bertz CT molecular complexity index is 1320. The Kier molecular flexibility index (Phi) is 4.46. The SMILES string of the molecule is COc1ccc(NC(=O)c2cc3c(=O)n4cc(C)ccc4nc3n2C)cc1OC. The molecule has 0 fully saturated rings. The van der Waals surface area contributed by atoms with E-state index in [1.165, 1.54) is 11.5 Å². The first-order valence-corrected chi connectivity index (χ1v) is 8.94. The van der Waals surface area contributed by atoms with Gasteiger partial charge in [0.25, 0.3) is 11.5 Å². The van der Waals surface area contributed by atoms with Crippen LogP contribution in [0.3, 0.4) is 0 Å². The zero-order valence-corrected chi connectivity index (χ0v) is 16.5. The number of aryl methyl sites for hydroxylation is 2. The Labute approximate surface area is 166 Å². The van der Waals surface area contributed by atoms with E-state index in [1.54, 1.807) is 55.3 Å². The maximum Gasteiger partial charge on any atom is 0.272 e. The summed E-state index contributed by atoms with van der Waals surface area (Å²) in [6.07, 6.45) is 1.74. The molecule has 8 nitrogen and oxygen atoms in total. The number of hydrogen-bond acceptors (Lipinski definition) is 5. The number of aromatic nitrogens is 3. The van der Waals surface area contributed by atoms with Gasteiger partial charge in [-0.05, 0) is 36.8 Å². The van der Waals surface area contributed by atoms with Crippen LogP contribution in [0.2, 0.25) is 0 Å². The van der Waals surface area contributed by atoms with Crippen molar-refractivity contribution in [2.45, 2.75) is 6.92 Å². The molecule has 3 heterocycles. The Morgan fingerprint density at radius 2 is 1.83 bits per heavy atom. The van der Waals surface area contributed by atoms with Gasteiger partial charge in [-0.15, -0.1) is 0 Å². The van der Waals surface area contributed by atoms with Gasteiger partial charge in [-0.25, -0.2) is 4.98 Å². The summed E-state index contributed by atoms with van der Waals surface area (Å²) in [6.45, 7) is 1.91. The number of anilines is 1. The van der Waals surface area contributed by atoms with E-state index in [-0.39, 0.29) is 11.5 Å². The first kappa shape index (κ1) is 18.5. The summed E-state index contributed by atoms with van der Waals surface area (Å²) in [5.41, 5.74) is 2.59. The van der Waals surface area contributed by atoms with Crippen molar-refractivity contribution in [2.75, 3.05) is 19.5 Å². The maximum atomic E-state index is 12.9. The van der Waals surface area contributed by atoms with Crippen LogP contribution in [0.5, 0.6) is 11.5 Å². The van der Waals surface area contributed by atoms with Crippen LogP contribution < -0.4 is 20.3 Å². The van der Waals surface area contributed by atoms with Crippen molar-refractivity contribution in [2.24, 2.45) is 7.05 Å². The van der Waals surface area contributed by atoms with Crippen LogP contribution >= 0.6 is 0 Å². The van der Waals surface area contributed by atoms with Gasteiger partial charge in [-0.2, -0.15) is 0 Å². The molecule has 3 aromatic heterocycles. The highest BCUT2D eigenvalue weighted by Gasteiger charge is 2.18. The molecule has 0 aliphatic heterocycles. The number of ether oxygens (including phenoxy) is 2. The van der Waals surface area contributed by atoms with Crippen molar-refractivity contribution < 1.29 is 14.3 Å². The predicted molar refractivity (Wildman–Crippen MR) is 110 cm³/mol. The number of carbonyl (C=O) groups is 1. The van der Waals surface area contributed by atoms with Gasteiger partial charge in [0.15, 0.2) is 11.5 Å². The number of nitrogens with zero attached hydrogens (tertiary/aromatic N) is 3. The first-order chi connectivity index (χ1) is 13.9. The lowest BCUT2D eigenvalue weighted by Gasteiger charge is -2.11. The van der Waals surface area contributed by atoms with Crippen LogP contribution in [0.15, 0.2) is 47.4 Å². The van der Waals surface area contributed by atoms with Gasteiger partial charge in [0, 0.05) is 25.0 Å². The highest BCUT2D eigenvalue weighted by Crippen LogP contribution is 2.30. The number of rotatable bonds is 4. The molecular weight excluding hydrogens is 372 g/mol. The van der Waals surface area contributed by atoms with Crippen LogP contribution in [-0.4, -0.2) is 34.1 Å². The van der Waals surface area contributed by atoms with Gasteiger partial charge in [0.05, 0.1) is 19.6 Å². The molecule has 0 saturated heterocycles. The summed E-state index contributed by atoms with van der Waals surface area (Å²) >= 11 is 0. The minimum atomic E-state index is -0.359. The lowest BCUT2D eigenvalue weighted by atomic mass is 10.2. The normalized spacial score (nSPS) is 11.0. The second-order valence-electron chi connectivity index (χ2n) is 6.70. The number of amides is 1. The van der Waals surface area contributed by atoms with Gasteiger partial charge >= 0.3 is 0 Å². The summed E-state index contributed by atoms with van der Waals surface area (Å²) < 4.78 is 13.6. The number of pyridine rings is 1. The molecule has 0 saturated carbocycles. The van der Waals surface area contributed by atoms with Crippen molar-refractivity contribution in [3.63, 3.8) is 0 Å². The minimum absolute atomic E-state index is 0.213. The van der Waals surface area contributed by atoms with E-state index < -0.39 is 0 Å². The van der Waals surface area contributed by atoms with E-state index in [0.717, 1.165) is 5.56 Å². The molecule has 1 amide bonds. The van der Waals surface area contributed by atoms with Crippen LogP contribution in [0.25, 0.3) is 16.7 Å². The molecule has 0 atom stereocenters. The number of hydrogen-bond donors (Lipinski definition) is 1. The molecular formula is C21H20N4O4. The Morgan fingerprint density at radius 3 is 2.55 bits per heavy atom. The summed E-state index contributed by atoms with van der Waals surface area (Å²) in [5.74, 6) is 0.709. The minimum Gasteiger partial charge on any atom is -0.493 e. The highest BCUT2D eigenvalue weighted by molar-refractivity contribution is 6.06. The predicted octanol–water partition coefficient (Wildman–Crippen LogP) is 2.76. The molecule has 4 aromatic rings. The third kappa shape index (κ3) is 3.08. The average molecular weight is 392 g/mol. The molecule has 0 aliphatic carbocycles. The molecule has 1 aromatic carbocycles. The molecule has 1 N–H and O–H groups in total.